The average Bonchev–Trinajstić information content (AvgIpc) is 3.19. The molecule has 0 N–H and O–H groups in total. The number of aromatic nitrogens is 5. The van der Waals surface area contributed by atoms with Crippen molar-refractivity contribution >= 4 is 54.3 Å². The SMILES string of the molecule is c1ccc(-c2nc(-c3ccccc3)nc(-c3c4ccccc4c(-c4nc5ccccc5c5nc6ccccc6cc45)c4ccccc34)n2)cc1. The standard InChI is InChI=1S/C45H27N5/c1-3-15-28(16-4-1)43-48-44(29-17-5-2-6-18-29)50-45(49-43)40-33-22-10-8-20-31(33)39(32-21-9-11-23-34(32)40)42-36-27-30-19-7-13-25-37(30)46-41(36)35-24-12-14-26-38(35)47-42/h1-27H. The number of rotatable bonds is 4. The van der Waals surface area contributed by atoms with Gasteiger partial charge in [-0.25, -0.2) is 24.9 Å². The van der Waals surface area contributed by atoms with E-state index in [1.807, 2.05) is 72.8 Å². The summed E-state index contributed by atoms with van der Waals surface area (Å²) in [5, 5.41) is 7.36. The normalized spacial score (nSPS) is 11.6. The van der Waals surface area contributed by atoms with Crippen LogP contribution in [0.15, 0.2) is 164 Å². The number of hydrogen-bond acceptors (Lipinski definition) is 5. The Morgan fingerprint density at radius 3 is 1.36 bits per heavy atom. The highest BCUT2D eigenvalue weighted by Gasteiger charge is 2.23. The van der Waals surface area contributed by atoms with Gasteiger partial charge in [0, 0.05) is 38.4 Å². The molecule has 5 nitrogen and oxygen atoms in total. The van der Waals surface area contributed by atoms with Crippen molar-refractivity contribution in [3.8, 4) is 45.4 Å². The van der Waals surface area contributed by atoms with Crippen LogP contribution in [0, 0.1) is 0 Å². The van der Waals surface area contributed by atoms with Crippen molar-refractivity contribution in [1.82, 2.24) is 24.9 Å². The third-order valence-electron chi connectivity index (χ3n) is 9.46. The second-order valence-corrected chi connectivity index (χ2v) is 12.4. The van der Waals surface area contributed by atoms with Crippen LogP contribution in [0.5, 0.6) is 0 Å². The topological polar surface area (TPSA) is 64.5 Å². The minimum atomic E-state index is 0.626. The molecule has 7 aromatic carbocycles. The van der Waals surface area contributed by atoms with Crippen LogP contribution in [0.3, 0.4) is 0 Å². The molecule has 0 radical (unpaired) electrons. The number of fused-ring (bicyclic) bond motifs is 6. The summed E-state index contributed by atoms with van der Waals surface area (Å²) in [6, 6.07) is 56.2. The molecule has 0 aliphatic heterocycles. The van der Waals surface area contributed by atoms with Crippen molar-refractivity contribution < 1.29 is 0 Å². The Balaban J connectivity index is 1.34. The van der Waals surface area contributed by atoms with E-state index in [1.54, 1.807) is 0 Å². The van der Waals surface area contributed by atoms with Crippen LogP contribution >= 0.6 is 0 Å². The van der Waals surface area contributed by atoms with Crippen LogP contribution < -0.4 is 0 Å². The van der Waals surface area contributed by atoms with Gasteiger partial charge < -0.3 is 0 Å². The molecule has 0 aliphatic carbocycles. The lowest BCUT2D eigenvalue weighted by atomic mass is 9.88. The molecule has 50 heavy (non-hydrogen) atoms. The zero-order valence-corrected chi connectivity index (χ0v) is 26.8. The molecule has 3 aromatic heterocycles. The van der Waals surface area contributed by atoms with Crippen LogP contribution in [-0.2, 0) is 0 Å². The largest absolute Gasteiger partial charge is 0.247 e. The van der Waals surface area contributed by atoms with Gasteiger partial charge in [0.15, 0.2) is 17.5 Å². The summed E-state index contributed by atoms with van der Waals surface area (Å²) in [5.74, 6) is 1.89. The number of nitrogens with zero attached hydrogens (tertiary/aromatic N) is 5. The molecule has 0 atom stereocenters. The van der Waals surface area contributed by atoms with Gasteiger partial charge in [-0.3, -0.25) is 0 Å². The van der Waals surface area contributed by atoms with Gasteiger partial charge in [-0.1, -0.05) is 146 Å². The van der Waals surface area contributed by atoms with Crippen LogP contribution in [-0.4, -0.2) is 24.9 Å². The summed E-state index contributed by atoms with van der Waals surface area (Å²) in [6.07, 6.45) is 0. The van der Waals surface area contributed by atoms with Crippen LogP contribution in [0.25, 0.3) is 99.7 Å². The maximum Gasteiger partial charge on any atom is 0.165 e. The fourth-order valence-electron chi connectivity index (χ4n) is 7.19. The fourth-order valence-corrected chi connectivity index (χ4v) is 7.19. The van der Waals surface area contributed by atoms with Gasteiger partial charge in [-0.05, 0) is 39.7 Å². The van der Waals surface area contributed by atoms with Gasteiger partial charge in [0.05, 0.1) is 22.2 Å². The minimum absolute atomic E-state index is 0.626. The van der Waals surface area contributed by atoms with E-state index >= 15 is 0 Å². The van der Waals surface area contributed by atoms with Gasteiger partial charge in [0.25, 0.3) is 0 Å². The van der Waals surface area contributed by atoms with Gasteiger partial charge >= 0.3 is 0 Å². The number of pyridine rings is 2. The maximum atomic E-state index is 5.41. The Bertz CT molecular complexity index is 2810. The minimum Gasteiger partial charge on any atom is -0.247 e. The molecule has 10 aromatic rings. The van der Waals surface area contributed by atoms with Crippen LogP contribution in [0.4, 0.5) is 0 Å². The van der Waals surface area contributed by atoms with Crippen molar-refractivity contribution in [2.24, 2.45) is 0 Å². The molecule has 0 aliphatic rings. The van der Waals surface area contributed by atoms with Crippen molar-refractivity contribution in [1.29, 1.82) is 0 Å². The van der Waals surface area contributed by atoms with E-state index in [4.69, 9.17) is 24.9 Å². The Kier molecular flexibility index (Phi) is 6.42. The molecule has 0 saturated carbocycles. The smallest absolute Gasteiger partial charge is 0.165 e. The summed E-state index contributed by atoms with van der Waals surface area (Å²) in [5.41, 5.74) is 7.62. The zero-order chi connectivity index (χ0) is 33.0. The predicted molar refractivity (Wildman–Crippen MR) is 205 cm³/mol. The molecule has 0 unspecified atom stereocenters. The Labute approximate surface area is 287 Å². The highest BCUT2D eigenvalue weighted by molar-refractivity contribution is 6.24. The summed E-state index contributed by atoms with van der Waals surface area (Å²) < 4.78 is 0. The summed E-state index contributed by atoms with van der Waals surface area (Å²) >= 11 is 0. The van der Waals surface area contributed by atoms with Crippen LogP contribution in [0.2, 0.25) is 0 Å². The predicted octanol–water partition coefficient (Wildman–Crippen LogP) is 11.1. The summed E-state index contributed by atoms with van der Waals surface area (Å²) in [6.45, 7) is 0. The number of benzene rings is 7. The molecular formula is C45H27N5. The van der Waals surface area contributed by atoms with E-state index in [-0.39, 0.29) is 0 Å². The Morgan fingerprint density at radius 1 is 0.300 bits per heavy atom. The first kappa shape index (κ1) is 28.2. The van der Waals surface area contributed by atoms with E-state index in [9.17, 15) is 0 Å². The monoisotopic (exact) mass is 637 g/mol. The van der Waals surface area contributed by atoms with Gasteiger partial charge in [0.1, 0.15) is 0 Å². The summed E-state index contributed by atoms with van der Waals surface area (Å²) in [7, 11) is 0. The second-order valence-electron chi connectivity index (χ2n) is 12.4. The van der Waals surface area contributed by atoms with Crippen molar-refractivity contribution in [2.45, 2.75) is 0 Å². The lowest BCUT2D eigenvalue weighted by Gasteiger charge is -2.18. The van der Waals surface area contributed by atoms with Crippen molar-refractivity contribution in [3.05, 3.63) is 164 Å². The molecule has 0 fully saturated rings. The molecule has 5 heteroatoms. The lowest BCUT2D eigenvalue weighted by Crippen LogP contribution is -2.02. The first-order valence-electron chi connectivity index (χ1n) is 16.7. The third kappa shape index (κ3) is 4.52. The van der Waals surface area contributed by atoms with Crippen LogP contribution in [0.1, 0.15) is 0 Å². The van der Waals surface area contributed by atoms with E-state index in [0.717, 1.165) is 82.2 Å². The molecular weight excluding hydrogens is 611 g/mol. The molecule has 0 saturated heterocycles. The van der Waals surface area contributed by atoms with Crippen molar-refractivity contribution in [2.75, 3.05) is 0 Å². The average molecular weight is 638 g/mol. The third-order valence-corrected chi connectivity index (χ3v) is 9.46. The first-order chi connectivity index (χ1) is 24.8. The fraction of sp³-hybridized carbons (Fsp3) is 0. The lowest BCUT2D eigenvalue weighted by molar-refractivity contribution is 1.08. The Hall–Kier alpha value is -6.85. The molecule has 10 rings (SSSR count). The maximum absolute atomic E-state index is 5.41. The van der Waals surface area contributed by atoms with E-state index < -0.39 is 0 Å². The van der Waals surface area contributed by atoms with E-state index in [0.29, 0.717) is 17.5 Å². The number of hydrogen-bond donors (Lipinski definition) is 0. The van der Waals surface area contributed by atoms with Gasteiger partial charge in [0.2, 0.25) is 0 Å². The quantitative estimate of drug-likeness (QED) is 0.142. The highest BCUT2D eigenvalue weighted by atomic mass is 15.0. The van der Waals surface area contributed by atoms with Gasteiger partial charge in [-0.2, -0.15) is 0 Å². The molecule has 0 spiro atoms. The Morgan fingerprint density at radius 2 is 0.760 bits per heavy atom. The zero-order valence-electron chi connectivity index (χ0n) is 26.8. The molecule has 3 heterocycles. The van der Waals surface area contributed by atoms with E-state index in [1.165, 1.54) is 0 Å². The molecule has 232 valence electrons. The second kappa shape index (κ2) is 11.4. The van der Waals surface area contributed by atoms with Crippen molar-refractivity contribution in [3.63, 3.8) is 0 Å². The highest BCUT2D eigenvalue weighted by Crippen LogP contribution is 2.45. The van der Waals surface area contributed by atoms with E-state index in [2.05, 4.69) is 91.0 Å². The molecule has 0 amide bonds. The molecule has 0 bridgehead atoms. The summed E-state index contributed by atoms with van der Waals surface area (Å²) in [4.78, 5) is 26.0. The van der Waals surface area contributed by atoms with Gasteiger partial charge in [-0.15, -0.1) is 0 Å². The number of para-hydroxylation sites is 2. The first-order valence-corrected chi connectivity index (χ1v) is 16.7.